The van der Waals surface area contributed by atoms with Crippen LogP contribution in [0.2, 0.25) is 0 Å². The van der Waals surface area contributed by atoms with E-state index in [1.165, 1.54) is 5.56 Å². The van der Waals surface area contributed by atoms with Gasteiger partial charge in [0.1, 0.15) is 0 Å². The van der Waals surface area contributed by atoms with Crippen LogP contribution >= 0.6 is 0 Å². The topological polar surface area (TPSA) is 49.4 Å². The van der Waals surface area contributed by atoms with E-state index in [0.717, 1.165) is 24.9 Å². The van der Waals surface area contributed by atoms with Gasteiger partial charge in [-0.05, 0) is 30.4 Å². The fraction of sp³-hybridized carbons (Fsp3) is 0.385. The summed E-state index contributed by atoms with van der Waals surface area (Å²) in [6.45, 7) is 1.29. The van der Waals surface area contributed by atoms with Crippen molar-refractivity contribution in [1.82, 2.24) is 5.32 Å². The van der Waals surface area contributed by atoms with E-state index in [-0.39, 0.29) is 0 Å². The average Bonchev–Trinajstić information content (AvgIpc) is 2.56. The summed E-state index contributed by atoms with van der Waals surface area (Å²) in [7, 11) is 0. The molecule has 1 aliphatic heterocycles. The molecule has 1 aromatic rings. The summed E-state index contributed by atoms with van der Waals surface area (Å²) in [6.07, 6.45) is 3.52. The van der Waals surface area contributed by atoms with Gasteiger partial charge < -0.3 is 10.2 Å². The molecule has 1 atom stereocenters. The summed E-state index contributed by atoms with van der Waals surface area (Å²) in [5.41, 5.74) is 2.20. The average molecular weight is 232 g/mol. The van der Waals surface area contributed by atoms with Crippen LogP contribution in [0.1, 0.15) is 12.0 Å². The Bertz CT molecular complexity index is 406. The zero-order valence-electron chi connectivity index (χ0n) is 9.63. The molecule has 1 heterocycles. The SMILES string of the molecule is O=CNCC1CCc2ccccc2N(C=O)C1. The van der Waals surface area contributed by atoms with Crippen LogP contribution < -0.4 is 10.2 Å². The van der Waals surface area contributed by atoms with Gasteiger partial charge in [0, 0.05) is 18.8 Å². The van der Waals surface area contributed by atoms with Gasteiger partial charge in [-0.3, -0.25) is 9.59 Å². The molecule has 0 radical (unpaired) electrons. The molecule has 0 aromatic heterocycles. The largest absolute Gasteiger partial charge is 0.358 e. The summed E-state index contributed by atoms with van der Waals surface area (Å²) in [6, 6.07) is 7.96. The molecule has 1 aromatic carbocycles. The lowest BCUT2D eigenvalue weighted by Gasteiger charge is -2.21. The first kappa shape index (κ1) is 11.6. The smallest absolute Gasteiger partial charge is 0.214 e. The van der Waals surface area contributed by atoms with E-state index in [2.05, 4.69) is 11.4 Å². The zero-order valence-corrected chi connectivity index (χ0v) is 9.63. The molecule has 4 heteroatoms. The van der Waals surface area contributed by atoms with Gasteiger partial charge in [0.15, 0.2) is 0 Å². The van der Waals surface area contributed by atoms with Gasteiger partial charge >= 0.3 is 0 Å². The number of hydrogen-bond acceptors (Lipinski definition) is 2. The standard InChI is InChI=1S/C13H16N2O2/c16-9-14-7-11-5-6-12-3-1-2-4-13(12)15(8-11)10-17/h1-4,9-11H,5-8H2,(H,14,16). The second-order valence-electron chi connectivity index (χ2n) is 4.32. The van der Waals surface area contributed by atoms with Crippen molar-refractivity contribution in [2.75, 3.05) is 18.0 Å². The van der Waals surface area contributed by atoms with E-state index in [9.17, 15) is 9.59 Å². The van der Waals surface area contributed by atoms with Crippen molar-refractivity contribution in [2.24, 2.45) is 5.92 Å². The van der Waals surface area contributed by atoms with Gasteiger partial charge in [0.25, 0.3) is 0 Å². The maximum atomic E-state index is 11.1. The lowest BCUT2D eigenvalue weighted by Crippen LogP contribution is -2.32. The van der Waals surface area contributed by atoms with Crippen LogP contribution in [0.4, 0.5) is 5.69 Å². The molecular formula is C13H16N2O2. The van der Waals surface area contributed by atoms with Gasteiger partial charge in [-0.1, -0.05) is 18.2 Å². The molecule has 2 amide bonds. The molecule has 1 unspecified atom stereocenters. The first-order valence-electron chi connectivity index (χ1n) is 5.82. The number of fused-ring (bicyclic) bond motifs is 1. The Balaban J connectivity index is 2.17. The summed E-state index contributed by atoms with van der Waals surface area (Å²) < 4.78 is 0. The Kier molecular flexibility index (Phi) is 3.75. The van der Waals surface area contributed by atoms with Crippen LogP contribution in [0.15, 0.2) is 24.3 Å². The highest BCUT2D eigenvalue weighted by molar-refractivity contribution is 5.77. The number of aryl methyl sites for hydroxylation is 1. The Hall–Kier alpha value is -1.84. The van der Waals surface area contributed by atoms with Crippen molar-refractivity contribution < 1.29 is 9.59 Å². The maximum absolute atomic E-state index is 11.1. The second-order valence-corrected chi connectivity index (χ2v) is 4.32. The van der Waals surface area contributed by atoms with Crippen LogP contribution in [0.3, 0.4) is 0 Å². The molecule has 0 saturated heterocycles. The molecule has 4 nitrogen and oxygen atoms in total. The summed E-state index contributed by atoms with van der Waals surface area (Å²) in [4.78, 5) is 23.2. The highest BCUT2D eigenvalue weighted by Gasteiger charge is 2.20. The molecule has 0 bridgehead atoms. The number of nitrogens with zero attached hydrogens (tertiary/aromatic N) is 1. The minimum atomic E-state index is 0.317. The molecule has 0 aliphatic carbocycles. The molecule has 1 N–H and O–H groups in total. The van der Waals surface area contributed by atoms with E-state index < -0.39 is 0 Å². The van der Waals surface area contributed by atoms with Gasteiger partial charge in [-0.2, -0.15) is 0 Å². The highest BCUT2D eigenvalue weighted by atomic mass is 16.1. The molecule has 1 aliphatic rings. The number of hydrogen-bond donors (Lipinski definition) is 1. The van der Waals surface area contributed by atoms with Gasteiger partial charge in [-0.25, -0.2) is 0 Å². The molecule has 0 spiro atoms. The normalized spacial score (nSPS) is 19.1. The summed E-state index contributed by atoms with van der Waals surface area (Å²) in [5.74, 6) is 0.317. The van der Waals surface area contributed by atoms with Crippen LogP contribution in [-0.2, 0) is 16.0 Å². The first-order valence-corrected chi connectivity index (χ1v) is 5.82. The molecular weight excluding hydrogens is 216 g/mol. The van der Waals surface area contributed by atoms with Crippen molar-refractivity contribution in [3.8, 4) is 0 Å². The lowest BCUT2D eigenvalue weighted by atomic mass is 10.0. The minimum absolute atomic E-state index is 0.317. The predicted octanol–water partition coefficient (Wildman–Crippen LogP) is 0.958. The van der Waals surface area contributed by atoms with E-state index in [1.54, 1.807) is 4.90 Å². The van der Waals surface area contributed by atoms with E-state index >= 15 is 0 Å². The number of para-hydroxylation sites is 1. The van der Waals surface area contributed by atoms with E-state index in [1.807, 2.05) is 18.2 Å². The van der Waals surface area contributed by atoms with Crippen molar-refractivity contribution in [3.05, 3.63) is 29.8 Å². The quantitative estimate of drug-likeness (QED) is 0.786. The number of amides is 2. The number of carbonyl (C=O) groups is 2. The Morgan fingerprint density at radius 1 is 1.35 bits per heavy atom. The Morgan fingerprint density at radius 2 is 2.18 bits per heavy atom. The number of carbonyl (C=O) groups excluding carboxylic acids is 2. The fourth-order valence-corrected chi connectivity index (χ4v) is 2.31. The Morgan fingerprint density at radius 3 is 2.94 bits per heavy atom. The maximum Gasteiger partial charge on any atom is 0.214 e. The van der Waals surface area contributed by atoms with Crippen molar-refractivity contribution in [1.29, 1.82) is 0 Å². The number of anilines is 1. The van der Waals surface area contributed by atoms with Gasteiger partial charge in [-0.15, -0.1) is 0 Å². The summed E-state index contributed by atoms with van der Waals surface area (Å²) in [5, 5.41) is 2.69. The van der Waals surface area contributed by atoms with Crippen LogP contribution in [0.25, 0.3) is 0 Å². The van der Waals surface area contributed by atoms with Crippen LogP contribution in [0, 0.1) is 5.92 Å². The van der Waals surface area contributed by atoms with Crippen LogP contribution in [0.5, 0.6) is 0 Å². The number of benzene rings is 1. The molecule has 2 rings (SSSR count). The third-order valence-corrected chi connectivity index (χ3v) is 3.19. The number of nitrogens with one attached hydrogen (secondary N) is 1. The van der Waals surface area contributed by atoms with Crippen LogP contribution in [-0.4, -0.2) is 25.9 Å². The molecule has 90 valence electrons. The van der Waals surface area contributed by atoms with E-state index in [4.69, 9.17) is 0 Å². The first-order chi connectivity index (χ1) is 8.35. The second kappa shape index (κ2) is 5.48. The van der Waals surface area contributed by atoms with Crippen molar-refractivity contribution >= 4 is 18.5 Å². The van der Waals surface area contributed by atoms with Crippen molar-refractivity contribution in [2.45, 2.75) is 12.8 Å². The van der Waals surface area contributed by atoms with E-state index in [0.29, 0.717) is 25.4 Å². The van der Waals surface area contributed by atoms with Gasteiger partial charge in [0.05, 0.1) is 0 Å². The molecule has 17 heavy (non-hydrogen) atoms. The predicted molar refractivity (Wildman–Crippen MR) is 65.7 cm³/mol. The minimum Gasteiger partial charge on any atom is -0.358 e. The monoisotopic (exact) mass is 232 g/mol. The molecule has 0 saturated carbocycles. The number of rotatable bonds is 4. The third-order valence-electron chi connectivity index (χ3n) is 3.19. The van der Waals surface area contributed by atoms with Gasteiger partial charge in [0.2, 0.25) is 12.8 Å². The molecule has 0 fully saturated rings. The summed E-state index contributed by atoms with van der Waals surface area (Å²) >= 11 is 0. The zero-order chi connectivity index (χ0) is 12.1. The van der Waals surface area contributed by atoms with Crippen molar-refractivity contribution in [3.63, 3.8) is 0 Å². The lowest BCUT2D eigenvalue weighted by molar-refractivity contribution is -0.109. The highest BCUT2D eigenvalue weighted by Crippen LogP contribution is 2.26. The Labute approximate surface area is 101 Å². The third kappa shape index (κ3) is 2.64. The fourth-order valence-electron chi connectivity index (χ4n) is 2.31.